The number of aliphatic hydroxyl groups is 1. The summed E-state index contributed by atoms with van der Waals surface area (Å²) in [5.41, 5.74) is 1.71. The number of hydrogen-bond acceptors (Lipinski definition) is 3. The van der Waals surface area contributed by atoms with E-state index in [-0.39, 0.29) is 6.61 Å². The fourth-order valence-corrected chi connectivity index (χ4v) is 2.52. The highest BCUT2D eigenvalue weighted by Crippen LogP contribution is 2.24. The second kappa shape index (κ2) is 7.07. The third-order valence-electron chi connectivity index (χ3n) is 3.62. The highest BCUT2D eigenvalue weighted by atomic mass is 79.9. The van der Waals surface area contributed by atoms with Gasteiger partial charge in [-0.2, -0.15) is 0 Å². The Morgan fingerprint density at radius 3 is 2.48 bits per heavy atom. The second-order valence-corrected chi connectivity index (χ2v) is 6.12. The molecule has 0 amide bonds. The number of methoxy groups -OCH3 is 1. The summed E-state index contributed by atoms with van der Waals surface area (Å²) in [7, 11) is 1.66. The van der Waals surface area contributed by atoms with Gasteiger partial charge in [-0.15, -0.1) is 0 Å². The number of nitrogens with one attached hydrogen (secondary N) is 1. The first-order valence-corrected chi connectivity index (χ1v) is 7.61. The maximum absolute atomic E-state index is 9.79. The van der Waals surface area contributed by atoms with Crippen molar-refractivity contribution in [2.45, 2.75) is 19.0 Å². The number of hydrogen-bond donors (Lipinski definition) is 2. The average molecular weight is 350 g/mol. The first-order valence-electron chi connectivity index (χ1n) is 6.82. The van der Waals surface area contributed by atoms with Gasteiger partial charge in [-0.1, -0.05) is 40.2 Å². The maximum atomic E-state index is 9.79. The van der Waals surface area contributed by atoms with Gasteiger partial charge >= 0.3 is 0 Å². The molecular formula is C17H20BrNO2. The third-order valence-corrected chi connectivity index (χ3v) is 4.11. The van der Waals surface area contributed by atoms with Crippen LogP contribution in [0.25, 0.3) is 0 Å². The normalized spacial score (nSPS) is 13.7. The highest BCUT2D eigenvalue weighted by molar-refractivity contribution is 9.10. The Balaban J connectivity index is 2.10. The van der Waals surface area contributed by atoms with Crippen LogP contribution in [-0.4, -0.2) is 18.8 Å². The van der Waals surface area contributed by atoms with Crippen molar-refractivity contribution in [1.82, 2.24) is 5.32 Å². The molecule has 2 rings (SSSR count). The van der Waals surface area contributed by atoms with Crippen LogP contribution >= 0.6 is 15.9 Å². The molecule has 112 valence electrons. The Morgan fingerprint density at radius 2 is 1.90 bits per heavy atom. The number of benzene rings is 2. The molecule has 0 fully saturated rings. The van der Waals surface area contributed by atoms with E-state index in [9.17, 15) is 5.11 Å². The zero-order valence-corrected chi connectivity index (χ0v) is 13.9. The van der Waals surface area contributed by atoms with Crippen LogP contribution in [0.5, 0.6) is 5.75 Å². The molecule has 2 N–H and O–H groups in total. The van der Waals surface area contributed by atoms with E-state index in [0.29, 0.717) is 6.54 Å². The fraction of sp³-hybridized carbons (Fsp3) is 0.294. The van der Waals surface area contributed by atoms with Crippen molar-refractivity contribution in [1.29, 1.82) is 0 Å². The molecule has 0 saturated carbocycles. The molecule has 0 saturated heterocycles. The van der Waals surface area contributed by atoms with Crippen LogP contribution in [0.1, 0.15) is 18.1 Å². The molecule has 0 aliphatic carbocycles. The van der Waals surface area contributed by atoms with E-state index in [2.05, 4.69) is 21.2 Å². The largest absolute Gasteiger partial charge is 0.497 e. The van der Waals surface area contributed by atoms with E-state index in [1.165, 1.54) is 0 Å². The molecule has 0 heterocycles. The fourth-order valence-electron chi connectivity index (χ4n) is 2.12. The Morgan fingerprint density at radius 1 is 1.19 bits per heavy atom. The summed E-state index contributed by atoms with van der Waals surface area (Å²) in [5, 5.41) is 13.2. The summed E-state index contributed by atoms with van der Waals surface area (Å²) in [5.74, 6) is 0.843. The summed E-state index contributed by atoms with van der Waals surface area (Å²) < 4.78 is 6.16. The molecular weight excluding hydrogens is 330 g/mol. The van der Waals surface area contributed by atoms with Crippen LogP contribution in [0, 0.1) is 0 Å². The summed E-state index contributed by atoms with van der Waals surface area (Å²) in [6, 6.07) is 15.9. The Bertz CT molecular complexity index is 586. The summed E-state index contributed by atoms with van der Waals surface area (Å²) >= 11 is 3.47. The van der Waals surface area contributed by atoms with E-state index in [1.807, 2.05) is 55.5 Å². The lowest BCUT2D eigenvalue weighted by Crippen LogP contribution is -2.42. The van der Waals surface area contributed by atoms with Crippen LogP contribution in [0.4, 0.5) is 0 Å². The molecule has 2 aromatic rings. The predicted octanol–water partition coefficient (Wildman–Crippen LogP) is 3.46. The molecule has 3 nitrogen and oxygen atoms in total. The van der Waals surface area contributed by atoms with Crippen molar-refractivity contribution < 1.29 is 9.84 Å². The third kappa shape index (κ3) is 4.06. The minimum absolute atomic E-state index is 0.0274. The van der Waals surface area contributed by atoms with Gasteiger partial charge in [0.25, 0.3) is 0 Å². The van der Waals surface area contributed by atoms with Gasteiger partial charge < -0.3 is 15.2 Å². The number of aliphatic hydroxyl groups excluding tert-OH is 1. The minimum Gasteiger partial charge on any atom is -0.497 e. The van der Waals surface area contributed by atoms with Crippen LogP contribution in [0.3, 0.4) is 0 Å². The molecule has 4 heteroatoms. The average Bonchev–Trinajstić information content (AvgIpc) is 2.53. The SMILES string of the molecule is COc1ccc(CNC(C)(CO)c2cccc(Br)c2)cc1. The van der Waals surface area contributed by atoms with Gasteiger partial charge in [0.1, 0.15) is 5.75 Å². The quantitative estimate of drug-likeness (QED) is 0.839. The molecule has 1 unspecified atom stereocenters. The Kier molecular flexibility index (Phi) is 5.39. The first kappa shape index (κ1) is 16.0. The van der Waals surface area contributed by atoms with Crippen molar-refractivity contribution in [2.24, 2.45) is 0 Å². The number of ether oxygens (including phenoxy) is 1. The molecule has 2 aromatic carbocycles. The van der Waals surface area contributed by atoms with Gasteiger partial charge in [-0.05, 0) is 42.3 Å². The van der Waals surface area contributed by atoms with Gasteiger partial charge in [0.15, 0.2) is 0 Å². The van der Waals surface area contributed by atoms with Crippen LogP contribution in [0.15, 0.2) is 53.0 Å². The molecule has 1 atom stereocenters. The van der Waals surface area contributed by atoms with Crippen LogP contribution in [-0.2, 0) is 12.1 Å². The van der Waals surface area contributed by atoms with Gasteiger partial charge in [-0.3, -0.25) is 0 Å². The van der Waals surface area contributed by atoms with E-state index in [1.54, 1.807) is 7.11 Å². The highest BCUT2D eigenvalue weighted by Gasteiger charge is 2.25. The molecule has 0 aliphatic rings. The second-order valence-electron chi connectivity index (χ2n) is 5.20. The molecule has 0 radical (unpaired) electrons. The van der Waals surface area contributed by atoms with Crippen molar-refractivity contribution in [2.75, 3.05) is 13.7 Å². The van der Waals surface area contributed by atoms with E-state index in [4.69, 9.17) is 4.74 Å². The summed E-state index contributed by atoms with van der Waals surface area (Å²) in [4.78, 5) is 0. The molecule has 0 spiro atoms. The number of rotatable bonds is 6. The number of halogens is 1. The Labute approximate surface area is 134 Å². The van der Waals surface area contributed by atoms with Gasteiger partial charge in [-0.25, -0.2) is 0 Å². The smallest absolute Gasteiger partial charge is 0.118 e. The predicted molar refractivity (Wildman–Crippen MR) is 88.4 cm³/mol. The zero-order valence-electron chi connectivity index (χ0n) is 12.3. The summed E-state index contributed by atoms with van der Waals surface area (Å²) in [6.45, 7) is 2.70. The lowest BCUT2D eigenvalue weighted by Gasteiger charge is -2.30. The molecule has 0 aromatic heterocycles. The summed E-state index contributed by atoms with van der Waals surface area (Å²) in [6.07, 6.45) is 0. The van der Waals surface area contributed by atoms with E-state index < -0.39 is 5.54 Å². The topological polar surface area (TPSA) is 41.5 Å². The molecule has 21 heavy (non-hydrogen) atoms. The van der Waals surface area contributed by atoms with E-state index in [0.717, 1.165) is 21.3 Å². The Hall–Kier alpha value is -1.36. The minimum atomic E-state index is -0.482. The van der Waals surface area contributed by atoms with Gasteiger partial charge in [0, 0.05) is 11.0 Å². The van der Waals surface area contributed by atoms with Crippen LogP contribution in [0.2, 0.25) is 0 Å². The van der Waals surface area contributed by atoms with Crippen molar-refractivity contribution >= 4 is 15.9 Å². The maximum Gasteiger partial charge on any atom is 0.118 e. The lowest BCUT2D eigenvalue weighted by atomic mass is 9.92. The van der Waals surface area contributed by atoms with Gasteiger partial charge in [0.2, 0.25) is 0 Å². The monoisotopic (exact) mass is 349 g/mol. The van der Waals surface area contributed by atoms with Crippen LogP contribution < -0.4 is 10.1 Å². The van der Waals surface area contributed by atoms with Crippen molar-refractivity contribution in [3.05, 3.63) is 64.1 Å². The van der Waals surface area contributed by atoms with Crippen molar-refractivity contribution in [3.8, 4) is 5.75 Å². The lowest BCUT2D eigenvalue weighted by molar-refractivity contribution is 0.173. The van der Waals surface area contributed by atoms with E-state index >= 15 is 0 Å². The van der Waals surface area contributed by atoms with Gasteiger partial charge in [0.05, 0.1) is 19.3 Å². The molecule has 0 bridgehead atoms. The molecule has 0 aliphatic heterocycles. The first-order chi connectivity index (χ1) is 10.1. The zero-order chi connectivity index (χ0) is 15.3. The van der Waals surface area contributed by atoms with Crippen molar-refractivity contribution in [3.63, 3.8) is 0 Å². The standard InChI is InChI=1S/C17H20BrNO2/c1-17(12-20,14-4-3-5-15(18)10-14)19-11-13-6-8-16(21-2)9-7-13/h3-10,19-20H,11-12H2,1-2H3.